The number of hydrogen-bond donors (Lipinski definition) is 2. The van der Waals surface area contributed by atoms with Crippen LogP contribution in [-0.4, -0.2) is 9.38 Å². The predicted octanol–water partition coefficient (Wildman–Crippen LogP) is 1.38. The molecule has 0 unspecified atom stereocenters. The summed E-state index contributed by atoms with van der Waals surface area (Å²) < 4.78 is 2.85. The third kappa shape index (κ3) is 1.07. The van der Waals surface area contributed by atoms with E-state index in [1.807, 2.05) is 22.9 Å². The van der Waals surface area contributed by atoms with Crippen molar-refractivity contribution in [1.82, 2.24) is 9.38 Å². The Balaban J connectivity index is 2.80. The number of fused-ring (bicyclic) bond motifs is 1. The first-order valence-corrected chi connectivity index (χ1v) is 4.19. The van der Waals surface area contributed by atoms with E-state index < -0.39 is 0 Å². The average Bonchev–Trinajstić information content (AvgIpc) is 2.50. The molecule has 2 aromatic heterocycles. The van der Waals surface area contributed by atoms with Crippen molar-refractivity contribution in [3.8, 4) is 0 Å². The van der Waals surface area contributed by atoms with Gasteiger partial charge in [-0.3, -0.25) is 5.84 Å². The SMILES string of the molecule is NNc1cc(Br)cn2ccnc12. The zero-order valence-corrected chi connectivity index (χ0v) is 7.75. The summed E-state index contributed by atoms with van der Waals surface area (Å²) in [7, 11) is 0. The number of hydrazine groups is 1. The molecule has 0 bridgehead atoms. The zero-order chi connectivity index (χ0) is 8.55. The van der Waals surface area contributed by atoms with Crippen molar-refractivity contribution in [2.24, 2.45) is 5.84 Å². The van der Waals surface area contributed by atoms with Gasteiger partial charge in [0.2, 0.25) is 0 Å². The highest BCUT2D eigenvalue weighted by molar-refractivity contribution is 9.10. The highest BCUT2D eigenvalue weighted by atomic mass is 79.9. The number of rotatable bonds is 1. The highest BCUT2D eigenvalue weighted by Gasteiger charge is 2.01. The number of halogens is 1. The van der Waals surface area contributed by atoms with Crippen LogP contribution in [0.1, 0.15) is 0 Å². The fourth-order valence-electron chi connectivity index (χ4n) is 1.10. The lowest BCUT2D eigenvalue weighted by molar-refractivity contribution is 1.16. The zero-order valence-electron chi connectivity index (χ0n) is 6.16. The molecular formula is C7H7BrN4. The predicted molar refractivity (Wildman–Crippen MR) is 50.7 cm³/mol. The summed E-state index contributed by atoms with van der Waals surface area (Å²) in [5.74, 6) is 5.32. The Bertz CT molecular complexity index is 409. The normalized spacial score (nSPS) is 10.5. The Morgan fingerprint density at radius 2 is 2.42 bits per heavy atom. The number of imidazole rings is 1. The maximum atomic E-state index is 5.32. The second-order valence-electron chi connectivity index (χ2n) is 2.37. The van der Waals surface area contributed by atoms with Gasteiger partial charge in [0.25, 0.3) is 0 Å². The smallest absolute Gasteiger partial charge is 0.161 e. The van der Waals surface area contributed by atoms with Crippen LogP contribution < -0.4 is 11.3 Å². The number of nitrogen functional groups attached to an aromatic ring is 1. The third-order valence-corrected chi connectivity index (χ3v) is 2.04. The largest absolute Gasteiger partial charge is 0.321 e. The standard InChI is InChI=1S/C7H7BrN4/c8-5-3-6(11-9)7-10-1-2-12(7)4-5/h1-4,11H,9H2. The van der Waals surface area contributed by atoms with E-state index in [2.05, 4.69) is 26.3 Å². The Hall–Kier alpha value is -1.07. The second-order valence-corrected chi connectivity index (χ2v) is 3.29. The first-order chi connectivity index (χ1) is 5.81. The van der Waals surface area contributed by atoms with Crippen LogP contribution in [0.3, 0.4) is 0 Å². The van der Waals surface area contributed by atoms with E-state index in [9.17, 15) is 0 Å². The summed E-state index contributed by atoms with van der Waals surface area (Å²) in [6, 6.07) is 1.88. The highest BCUT2D eigenvalue weighted by Crippen LogP contribution is 2.19. The minimum absolute atomic E-state index is 0.800. The fourth-order valence-corrected chi connectivity index (χ4v) is 1.55. The molecule has 0 atom stereocenters. The molecule has 0 aliphatic rings. The molecule has 2 heterocycles. The number of nitrogens with two attached hydrogens (primary N) is 1. The van der Waals surface area contributed by atoms with Gasteiger partial charge < -0.3 is 9.83 Å². The first-order valence-electron chi connectivity index (χ1n) is 3.40. The number of nitrogens with one attached hydrogen (secondary N) is 1. The lowest BCUT2D eigenvalue weighted by Gasteiger charge is -2.02. The van der Waals surface area contributed by atoms with Crippen LogP contribution in [0, 0.1) is 0 Å². The molecule has 0 saturated carbocycles. The maximum Gasteiger partial charge on any atom is 0.161 e. The van der Waals surface area contributed by atoms with Gasteiger partial charge in [0.05, 0.1) is 5.69 Å². The van der Waals surface area contributed by atoms with E-state index in [0.29, 0.717) is 0 Å². The minimum atomic E-state index is 0.800. The van der Waals surface area contributed by atoms with Crippen molar-refractivity contribution in [2.45, 2.75) is 0 Å². The molecule has 0 aromatic carbocycles. The van der Waals surface area contributed by atoms with Crippen molar-refractivity contribution >= 4 is 27.3 Å². The lowest BCUT2D eigenvalue weighted by atomic mass is 10.4. The summed E-state index contributed by atoms with van der Waals surface area (Å²) in [5, 5.41) is 0. The molecule has 62 valence electrons. The van der Waals surface area contributed by atoms with E-state index in [1.165, 1.54) is 0 Å². The van der Waals surface area contributed by atoms with Gasteiger partial charge in [-0.2, -0.15) is 0 Å². The Kier molecular flexibility index (Phi) is 1.74. The van der Waals surface area contributed by atoms with Crippen LogP contribution in [0.15, 0.2) is 29.1 Å². The van der Waals surface area contributed by atoms with Gasteiger partial charge >= 0.3 is 0 Å². The molecule has 3 N–H and O–H groups in total. The van der Waals surface area contributed by atoms with Gasteiger partial charge in [0.15, 0.2) is 5.65 Å². The summed E-state index contributed by atoms with van der Waals surface area (Å²) >= 11 is 3.36. The Morgan fingerprint density at radius 3 is 3.17 bits per heavy atom. The van der Waals surface area contributed by atoms with Gasteiger partial charge in [-0.05, 0) is 22.0 Å². The van der Waals surface area contributed by atoms with Crippen LogP contribution in [0.5, 0.6) is 0 Å². The molecule has 4 nitrogen and oxygen atoms in total. The van der Waals surface area contributed by atoms with E-state index in [-0.39, 0.29) is 0 Å². The van der Waals surface area contributed by atoms with Crippen LogP contribution >= 0.6 is 15.9 Å². The van der Waals surface area contributed by atoms with Crippen LogP contribution in [0.2, 0.25) is 0 Å². The number of pyridine rings is 1. The number of aromatic nitrogens is 2. The summed E-state index contributed by atoms with van der Waals surface area (Å²) in [6.07, 6.45) is 5.51. The lowest BCUT2D eigenvalue weighted by Crippen LogP contribution is -2.08. The molecule has 0 saturated heterocycles. The molecule has 12 heavy (non-hydrogen) atoms. The molecular weight excluding hydrogens is 220 g/mol. The molecule has 0 fully saturated rings. The molecule has 0 amide bonds. The average molecular weight is 227 g/mol. The van der Waals surface area contributed by atoms with Crippen LogP contribution in [0.4, 0.5) is 5.69 Å². The number of anilines is 1. The quantitative estimate of drug-likeness (QED) is 0.571. The van der Waals surface area contributed by atoms with Crippen molar-refractivity contribution in [2.75, 3.05) is 5.43 Å². The van der Waals surface area contributed by atoms with Crippen molar-refractivity contribution in [3.63, 3.8) is 0 Å². The van der Waals surface area contributed by atoms with Gasteiger partial charge in [-0.25, -0.2) is 4.98 Å². The topological polar surface area (TPSA) is 55.3 Å². The van der Waals surface area contributed by atoms with Crippen molar-refractivity contribution in [3.05, 3.63) is 29.1 Å². The van der Waals surface area contributed by atoms with Crippen molar-refractivity contribution in [1.29, 1.82) is 0 Å². The van der Waals surface area contributed by atoms with Crippen molar-refractivity contribution < 1.29 is 0 Å². The van der Waals surface area contributed by atoms with E-state index in [0.717, 1.165) is 15.8 Å². The second kappa shape index (κ2) is 2.76. The van der Waals surface area contributed by atoms with E-state index >= 15 is 0 Å². The first kappa shape index (κ1) is 7.57. The van der Waals surface area contributed by atoms with E-state index in [1.54, 1.807) is 6.20 Å². The summed E-state index contributed by atoms with van der Waals surface area (Å²) in [5.41, 5.74) is 4.20. The summed E-state index contributed by atoms with van der Waals surface area (Å²) in [4.78, 5) is 4.13. The van der Waals surface area contributed by atoms with Gasteiger partial charge in [0, 0.05) is 23.1 Å². The molecule has 0 radical (unpaired) electrons. The number of hydrogen-bond acceptors (Lipinski definition) is 3. The van der Waals surface area contributed by atoms with Gasteiger partial charge in [-0.1, -0.05) is 0 Å². The van der Waals surface area contributed by atoms with Gasteiger partial charge in [-0.15, -0.1) is 0 Å². The van der Waals surface area contributed by atoms with Crippen LogP contribution in [-0.2, 0) is 0 Å². The van der Waals surface area contributed by atoms with E-state index in [4.69, 9.17) is 5.84 Å². The van der Waals surface area contributed by atoms with Crippen LogP contribution in [0.25, 0.3) is 5.65 Å². The molecule has 5 heteroatoms. The Labute approximate surface area is 77.5 Å². The fraction of sp³-hybridized carbons (Fsp3) is 0. The monoisotopic (exact) mass is 226 g/mol. The summed E-state index contributed by atoms with van der Waals surface area (Å²) in [6.45, 7) is 0. The molecule has 0 spiro atoms. The molecule has 2 rings (SSSR count). The third-order valence-electron chi connectivity index (χ3n) is 1.61. The molecule has 2 aromatic rings. The van der Waals surface area contributed by atoms with Gasteiger partial charge in [0.1, 0.15) is 0 Å². The number of nitrogens with zero attached hydrogens (tertiary/aromatic N) is 2. The molecule has 0 aliphatic carbocycles. The maximum absolute atomic E-state index is 5.32. The minimum Gasteiger partial charge on any atom is -0.321 e. The Morgan fingerprint density at radius 1 is 1.58 bits per heavy atom. The molecule has 0 aliphatic heterocycles.